The minimum absolute atomic E-state index is 0.238. The summed E-state index contributed by atoms with van der Waals surface area (Å²) in [4.78, 5) is 0. The first-order valence-corrected chi connectivity index (χ1v) is 4.68. The predicted molar refractivity (Wildman–Crippen MR) is 56.0 cm³/mol. The minimum atomic E-state index is -0.238. The topological polar surface area (TPSA) is 9.23 Å². The van der Waals surface area contributed by atoms with Crippen molar-refractivity contribution in [3.63, 3.8) is 0 Å². The van der Waals surface area contributed by atoms with Gasteiger partial charge in [0.15, 0.2) is 0 Å². The second-order valence-electron chi connectivity index (χ2n) is 3.15. The van der Waals surface area contributed by atoms with Gasteiger partial charge >= 0.3 is 0 Å². The molecule has 0 saturated carbocycles. The summed E-state index contributed by atoms with van der Waals surface area (Å²) >= 11 is 0. The lowest BCUT2D eigenvalue weighted by Crippen LogP contribution is -1.95. The van der Waals surface area contributed by atoms with Crippen molar-refractivity contribution in [3.05, 3.63) is 66.0 Å². The van der Waals surface area contributed by atoms with Crippen molar-refractivity contribution in [2.75, 3.05) is 0 Å². The first-order valence-electron chi connectivity index (χ1n) is 4.68. The van der Waals surface area contributed by atoms with Crippen molar-refractivity contribution in [3.8, 4) is 5.75 Å². The van der Waals surface area contributed by atoms with Crippen molar-refractivity contribution in [1.82, 2.24) is 0 Å². The molecule has 0 aliphatic carbocycles. The molecule has 15 heavy (non-hydrogen) atoms. The Labute approximate surface area is 88.1 Å². The van der Waals surface area contributed by atoms with Gasteiger partial charge < -0.3 is 4.74 Å². The summed E-state index contributed by atoms with van der Waals surface area (Å²) in [5, 5.41) is 0. The molecule has 0 unspecified atom stereocenters. The molecule has 75 valence electrons. The zero-order valence-electron chi connectivity index (χ0n) is 8.11. The quantitative estimate of drug-likeness (QED) is 0.741. The lowest BCUT2D eigenvalue weighted by atomic mass is 10.2. The third kappa shape index (κ3) is 2.81. The molecule has 0 aliphatic heterocycles. The molecule has 1 radical (unpaired) electrons. The van der Waals surface area contributed by atoms with Crippen molar-refractivity contribution >= 4 is 0 Å². The Morgan fingerprint density at radius 1 is 1.13 bits per heavy atom. The van der Waals surface area contributed by atoms with Gasteiger partial charge in [0.25, 0.3) is 0 Å². The smallest absolute Gasteiger partial charge is 0.123 e. The van der Waals surface area contributed by atoms with Crippen LogP contribution in [0.2, 0.25) is 0 Å². The number of benzene rings is 2. The van der Waals surface area contributed by atoms with Crippen LogP contribution in [0, 0.1) is 11.9 Å². The van der Waals surface area contributed by atoms with E-state index in [0.717, 1.165) is 11.3 Å². The molecule has 2 rings (SSSR count). The van der Waals surface area contributed by atoms with Crippen LogP contribution < -0.4 is 4.74 Å². The van der Waals surface area contributed by atoms with Crippen molar-refractivity contribution in [2.24, 2.45) is 0 Å². The summed E-state index contributed by atoms with van der Waals surface area (Å²) in [5.41, 5.74) is 0.822. The molecule has 0 aromatic heterocycles. The van der Waals surface area contributed by atoms with Crippen LogP contribution in [0.4, 0.5) is 4.39 Å². The molecule has 0 aliphatic rings. The summed E-state index contributed by atoms with van der Waals surface area (Å²) in [5.74, 6) is 0.524. The fourth-order valence-corrected chi connectivity index (χ4v) is 1.26. The standard InChI is InChI=1S/C13H10FO/c14-12-6-4-5-11(9-12)10-15-13-7-2-1-3-8-13/h2-9H,10H2. The Morgan fingerprint density at radius 2 is 1.93 bits per heavy atom. The predicted octanol–water partition coefficient (Wildman–Crippen LogP) is 3.20. The van der Waals surface area contributed by atoms with E-state index in [1.807, 2.05) is 18.2 Å². The van der Waals surface area contributed by atoms with Crippen LogP contribution >= 0.6 is 0 Å². The molecule has 0 bridgehead atoms. The SMILES string of the molecule is Fc1cccc(COc2cc[c]cc2)c1. The van der Waals surface area contributed by atoms with E-state index >= 15 is 0 Å². The molecule has 0 heterocycles. The van der Waals surface area contributed by atoms with Gasteiger partial charge in [-0.2, -0.15) is 0 Å². The Bertz CT molecular complexity index is 426. The lowest BCUT2D eigenvalue weighted by molar-refractivity contribution is 0.305. The molecule has 0 atom stereocenters. The highest BCUT2D eigenvalue weighted by molar-refractivity contribution is 5.22. The van der Waals surface area contributed by atoms with E-state index in [0.29, 0.717) is 6.61 Å². The fraction of sp³-hybridized carbons (Fsp3) is 0.0769. The first kappa shape index (κ1) is 9.71. The van der Waals surface area contributed by atoms with Crippen LogP contribution in [0.15, 0.2) is 48.5 Å². The van der Waals surface area contributed by atoms with Crippen molar-refractivity contribution in [1.29, 1.82) is 0 Å². The van der Waals surface area contributed by atoms with Crippen molar-refractivity contribution < 1.29 is 9.13 Å². The van der Waals surface area contributed by atoms with Gasteiger partial charge in [0, 0.05) is 0 Å². The van der Waals surface area contributed by atoms with E-state index in [1.54, 1.807) is 18.2 Å². The van der Waals surface area contributed by atoms with Gasteiger partial charge in [0.05, 0.1) is 0 Å². The van der Waals surface area contributed by atoms with Crippen LogP contribution in [0.5, 0.6) is 5.75 Å². The largest absolute Gasteiger partial charge is 0.489 e. The maximum atomic E-state index is 12.8. The molecular formula is C13H10FO. The molecule has 0 saturated heterocycles. The molecule has 0 spiro atoms. The average molecular weight is 201 g/mol. The maximum absolute atomic E-state index is 12.8. The maximum Gasteiger partial charge on any atom is 0.123 e. The average Bonchev–Trinajstić information content (AvgIpc) is 2.28. The Balaban J connectivity index is 1.99. The Hall–Kier alpha value is -1.83. The van der Waals surface area contributed by atoms with Gasteiger partial charge in [-0.15, -0.1) is 0 Å². The molecular weight excluding hydrogens is 191 g/mol. The Morgan fingerprint density at radius 3 is 2.67 bits per heavy atom. The van der Waals surface area contributed by atoms with E-state index in [9.17, 15) is 4.39 Å². The molecule has 0 fully saturated rings. The van der Waals surface area contributed by atoms with Gasteiger partial charge in [0.2, 0.25) is 0 Å². The van der Waals surface area contributed by atoms with Gasteiger partial charge in [-0.3, -0.25) is 0 Å². The number of hydrogen-bond acceptors (Lipinski definition) is 1. The van der Waals surface area contributed by atoms with E-state index < -0.39 is 0 Å². The van der Waals surface area contributed by atoms with Crippen molar-refractivity contribution in [2.45, 2.75) is 6.61 Å². The number of hydrogen-bond donors (Lipinski definition) is 0. The minimum Gasteiger partial charge on any atom is -0.489 e. The molecule has 2 heteroatoms. The summed E-state index contributed by atoms with van der Waals surface area (Å²) < 4.78 is 18.3. The van der Waals surface area contributed by atoms with Gasteiger partial charge in [-0.05, 0) is 35.9 Å². The van der Waals surface area contributed by atoms with E-state index in [-0.39, 0.29) is 5.82 Å². The van der Waals surface area contributed by atoms with Crippen LogP contribution in [0.1, 0.15) is 5.56 Å². The second kappa shape index (κ2) is 4.60. The zero-order valence-corrected chi connectivity index (χ0v) is 8.11. The highest BCUT2D eigenvalue weighted by Gasteiger charge is 1.96. The summed E-state index contributed by atoms with van der Waals surface area (Å²) in [6, 6.07) is 16.5. The van der Waals surface area contributed by atoms with Crippen LogP contribution in [0.25, 0.3) is 0 Å². The highest BCUT2D eigenvalue weighted by atomic mass is 19.1. The zero-order chi connectivity index (χ0) is 10.5. The number of ether oxygens (including phenoxy) is 1. The number of halogens is 1. The third-order valence-electron chi connectivity index (χ3n) is 1.98. The third-order valence-corrected chi connectivity index (χ3v) is 1.98. The fourth-order valence-electron chi connectivity index (χ4n) is 1.26. The monoisotopic (exact) mass is 201 g/mol. The molecule has 0 amide bonds. The number of rotatable bonds is 3. The first-order chi connectivity index (χ1) is 7.34. The lowest BCUT2D eigenvalue weighted by Gasteiger charge is -2.05. The molecule has 1 nitrogen and oxygen atoms in total. The van der Waals surface area contributed by atoms with E-state index in [2.05, 4.69) is 6.07 Å². The second-order valence-corrected chi connectivity index (χ2v) is 3.15. The van der Waals surface area contributed by atoms with E-state index in [1.165, 1.54) is 12.1 Å². The molecule has 2 aromatic rings. The highest BCUT2D eigenvalue weighted by Crippen LogP contribution is 2.11. The van der Waals surface area contributed by atoms with Crippen LogP contribution in [0.3, 0.4) is 0 Å². The van der Waals surface area contributed by atoms with E-state index in [4.69, 9.17) is 4.74 Å². The summed E-state index contributed by atoms with van der Waals surface area (Å²) in [7, 11) is 0. The van der Waals surface area contributed by atoms with Gasteiger partial charge in [0.1, 0.15) is 18.2 Å². The summed E-state index contributed by atoms with van der Waals surface area (Å²) in [6.45, 7) is 0.377. The van der Waals surface area contributed by atoms with Crippen LogP contribution in [-0.4, -0.2) is 0 Å². The molecule has 0 N–H and O–H groups in total. The summed E-state index contributed by atoms with van der Waals surface area (Å²) in [6.07, 6.45) is 0. The van der Waals surface area contributed by atoms with Crippen LogP contribution in [-0.2, 0) is 6.61 Å². The molecule has 2 aromatic carbocycles. The van der Waals surface area contributed by atoms with Gasteiger partial charge in [-0.25, -0.2) is 4.39 Å². The van der Waals surface area contributed by atoms with Gasteiger partial charge in [-0.1, -0.05) is 24.3 Å². The Kier molecular flexibility index (Phi) is 2.98. The normalized spacial score (nSPS) is 9.93.